The van der Waals surface area contributed by atoms with E-state index in [0.717, 1.165) is 16.4 Å². The number of anilines is 1. The van der Waals surface area contributed by atoms with E-state index in [0.29, 0.717) is 11.3 Å². The molecule has 0 saturated carbocycles. The smallest absolute Gasteiger partial charge is 0.264 e. The van der Waals surface area contributed by atoms with E-state index in [4.69, 9.17) is 9.47 Å². The Hall–Kier alpha value is -4.19. The predicted molar refractivity (Wildman–Crippen MR) is 159 cm³/mol. The van der Waals surface area contributed by atoms with E-state index in [1.54, 1.807) is 27.7 Å². The molecular weight excluding hydrogens is 580 g/mol. The zero-order chi connectivity index (χ0) is 31.9. The molecule has 3 rings (SSSR count). The number of nitrogens with one attached hydrogen (secondary N) is 1. The summed E-state index contributed by atoms with van der Waals surface area (Å²) < 4.78 is 66.9. The summed E-state index contributed by atoms with van der Waals surface area (Å²) in [7, 11) is -1.67. The molecule has 1 atom stereocenters. The van der Waals surface area contributed by atoms with E-state index in [-0.39, 0.29) is 29.3 Å². The fraction of sp³-hybridized carbons (Fsp3) is 0.355. The number of ether oxygens (including phenoxy) is 2. The molecule has 3 aromatic carbocycles. The molecule has 0 aliphatic rings. The summed E-state index contributed by atoms with van der Waals surface area (Å²) in [4.78, 5) is 28.5. The lowest BCUT2D eigenvalue weighted by atomic mass is 10.1. The second kappa shape index (κ2) is 13.9. The van der Waals surface area contributed by atoms with Crippen LogP contribution in [0.2, 0.25) is 0 Å². The van der Waals surface area contributed by atoms with E-state index in [9.17, 15) is 26.8 Å². The third kappa shape index (κ3) is 8.44. The van der Waals surface area contributed by atoms with Crippen LogP contribution in [0.15, 0.2) is 71.6 Å². The predicted octanol–water partition coefficient (Wildman–Crippen LogP) is 4.90. The highest BCUT2D eigenvalue weighted by molar-refractivity contribution is 7.92. The molecule has 0 radical (unpaired) electrons. The van der Waals surface area contributed by atoms with Crippen LogP contribution in [-0.4, -0.2) is 57.5 Å². The van der Waals surface area contributed by atoms with Gasteiger partial charge in [0.05, 0.1) is 24.8 Å². The number of halogens is 2. The number of nitrogens with zero attached hydrogens (tertiary/aromatic N) is 2. The first-order valence-corrected chi connectivity index (χ1v) is 15.0. The van der Waals surface area contributed by atoms with Crippen LogP contribution in [-0.2, 0) is 26.2 Å². The van der Waals surface area contributed by atoms with Gasteiger partial charge in [-0.15, -0.1) is 0 Å². The topological polar surface area (TPSA) is 105 Å². The Bertz CT molecular complexity index is 1520. The van der Waals surface area contributed by atoms with Gasteiger partial charge in [0, 0.05) is 18.2 Å². The molecule has 232 valence electrons. The maximum absolute atomic E-state index is 14.1. The molecule has 0 fully saturated rings. The average Bonchev–Trinajstić information content (AvgIpc) is 2.95. The zero-order valence-electron chi connectivity index (χ0n) is 25.1. The van der Waals surface area contributed by atoms with Gasteiger partial charge in [-0.1, -0.05) is 19.1 Å². The Morgan fingerprint density at radius 2 is 1.44 bits per heavy atom. The van der Waals surface area contributed by atoms with Crippen molar-refractivity contribution in [2.75, 3.05) is 25.1 Å². The van der Waals surface area contributed by atoms with Gasteiger partial charge in [0.15, 0.2) is 11.5 Å². The lowest BCUT2D eigenvalue weighted by Gasteiger charge is -2.34. The number of amides is 2. The largest absolute Gasteiger partial charge is 0.493 e. The summed E-state index contributed by atoms with van der Waals surface area (Å²) in [5.41, 5.74) is -0.0438. The quantitative estimate of drug-likeness (QED) is 0.310. The molecule has 0 aliphatic heterocycles. The summed E-state index contributed by atoms with van der Waals surface area (Å²) in [6.07, 6.45) is 0.216. The minimum absolute atomic E-state index is 0.0264. The maximum atomic E-state index is 14.1. The molecule has 0 unspecified atom stereocenters. The van der Waals surface area contributed by atoms with Crippen LogP contribution in [0.5, 0.6) is 11.5 Å². The molecule has 0 aromatic heterocycles. The minimum Gasteiger partial charge on any atom is -0.493 e. The number of carbonyl (C=O) groups excluding carboxylic acids is 2. The van der Waals surface area contributed by atoms with Gasteiger partial charge in [-0.2, -0.15) is 0 Å². The van der Waals surface area contributed by atoms with E-state index in [1.165, 1.54) is 73.7 Å². The third-order valence-corrected chi connectivity index (χ3v) is 8.26. The maximum Gasteiger partial charge on any atom is 0.264 e. The van der Waals surface area contributed by atoms with Crippen LogP contribution in [0.4, 0.5) is 14.5 Å². The second-order valence-electron chi connectivity index (χ2n) is 10.8. The van der Waals surface area contributed by atoms with Crippen molar-refractivity contribution in [3.8, 4) is 11.5 Å². The third-order valence-electron chi connectivity index (χ3n) is 6.49. The van der Waals surface area contributed by atoms with Gasteiger partial charge in [0.1, 0.15) is 24.2 Å². The van der Waals surface area contributed by atoms with Gasteiger partial charge in [-0.25, -0.2) is 17.2 Å². The first-order valence-electron chi connectivity index (χ1n) is 13.6. The number of carbonyl (C=O) groups is 2. The monoisotopic (exact) mass is 617 g/mol. The van der Waals surface area contributed by atoms with Crippen molar-refractivity contribution in [2.24, 2.45) is 0 Å². The van der Waals surface area contributed by atoms with Crippen LogP contribution >= 0.6 is 0 Å². The number of hydrogen-bond donors (Lipinski definition) is 1. The van der Waals surface area contributed by atoms with Gasteiger partial charge in [-0.05, 0) is 81.3 Å². The minimum atomic E-state index is -4.44. The van der Waals surface area contributed by atoms with Crippen LogP contribution < -0.4 is 19.1 Å². The van der Waals surface area contributed by atoms with Gasteiger partial charge < -0.3 is 19.7 Å². The van der Waals surface area contributed by atoms with E-state index < -0.39 is 51.6 Å². The molecule has 2 amide bonds. The zero-order valence-corrected chi connectivity index (χ0v) is 25.9. The van der Waals surface area contributed by atoms with Crippen LogP contribution in [0, 0.1) is 11.6 Å². The molecule has 0 bridgehead atoms. The normalized spacial score (nSPS) is 12.3. The number of sulfonamides is 1. The molecule has 12 heteroatoms. The number of methoxy groups -OCH3 is 2. The van der Waals surface area contributed by atoms with E-state index in [1.807, 2.05) is 0 Å². The molecule has 9 nitrogen and oxygen atoms in total. The van der Waals surface area contributed by atoms with Crippen molar-refractivity contribution in [3.63, 3.8) is 0 Å². The first kappa shape index (κ1) is 33.3. The number of rotatable bonds is 12. The molecular formula is C31H37F2N3O6S. The fourth-order valence-electron chi connectivity index (χ4n) is 4.40. The lowest BCUT2D eigenvalue weighted by molar-refractivity contribution is -0.141. The van der Waals surface area contributed by atoms with E-state index in [2.05, 4.69) is 5.32 Å². The molecule has 1 N–H and O–H groups in total. The average molecular weight is 618 g/mol. The van der Waals surface area contributed by atoms with Crippen molar-refractivity contribution < 1.29 is 36.3 Å². The van der Waals surface area contributed by atoms with Crippen molar-refractivity contribution in [1.82, 2.24) is 10.2 Å². The fourth-order valence-corrected chi connectivity index (χ4v) is 5.83. The van der Waals surface area contributed by atoms with Crippen molar-refractivity contribution in [1.29, 1.82) is 0 Å². The number of hydrogen-bond acceptors (Lipinski definition) is 6. The summed E-state index contributed by atoms with van der Waals surface area (Å²) in [5.74, 6) is -1.75. The second-order valence-corrected chi connectivity index (χ2v) is 12.7. The standard InChI is InChI=1S/C31H37F2N3O6S/c1-7-26(30(38)34-31(2,3)4)35(19-21-8-10-22(32)11-9-21)29(37)20-36(24-14-12-23(33)13-15-24)43(39,40)25-16-17-27(41-5)28(18-25)42-6/h8-18,26H,7,19-20H2,1-6H3,(H,34,38)/t26-/m1/s1. The highest BCUT2D eigenvalue weighted by atomic mass is 32.2. The Morgan fingerprint density at radius 1 is 0.884 bits per heavy atom. The summed E-state index contributed by atoms with van der Waals surface area (Å²) in [5, 5.41) is 2.88. The Kier molecular flexibility index (Phi) is 10.7. The van der Waals surface area contributed by atoms with Crippen molar-refractivity contribution >= 4 is 27.5 Å². The Labute approximate surface area is 251 Å². The molecule has 3 aromatic rings. The Morgan fingerprint density at radius 3 is 1.95 bits per heavy atom. The number of benzene rings is 3. The molecule has 0 saturated heterocycles. The van der Waals surface area contributed by atoms with Gasteiger partial charge in [-0.3, -0.25) is 13.9 Å². The SMILES string of the molecule is CC[C@H](C(=O)NC(C)(C)C)N(Cc1ccc(F)cc1)C(=O)CN(c1ccc(F)cc1)S(=O)(=O)c1ccc(OC)c(OC)c1. The summed E-state index contributed by atoms with van der Waals surface area (Å²) >= 11 is 0. The first-order chi connectivity index (χ1) is 20.2. The van der Waals surface area contributed by atoms with Crippen LogP contribution in [0.1, 0.15) is 39.7 Å². The van der Waals surface area contributed by atoms with Crippen molar-refractivity contribution in [2.45, 2.75) is 57.1 Å². The summed E-state index contributed by atoms with van der Waals surface area (Å²) in [6, 6.07) is 13.1. The van der Waals surface area contributed by atoms with Crippen molar-refractivity contribution in [3.05, 3.63) is 83.9 Å². The molecule has 0 aliphatic carbocycles. The van der Waals surface area contributed by atoms with Gasteiger partial charge >= 0.3 is 0 Å². The highest BCUT2D eigenvalue weighted by Crippen LogP contribution is 2.32. The highest BCUT2D eigenvalue weighted by Gasteiger charge is 2.35. The van der Waals surface area contributed by atoms with Gasteiger partial charge in [0.2, 0.25) is 11.8 Å². The van der Waals surface area contributed by atoms with Crippen LogP contribution in [0.25, 0.3) is 0 Å². The Balaban J connectivity index is 2.10. The van der Waals surface area contributed by atoms with Crippen LogP contribution in [0.3, 0.4) is 0 Å². The molecule has 0 spiro atoms. The van der Waals surface area contributed by atoms with E-state index >= 15 is 0 Å². The molecule has 43 heavy (non-hydrogen) atoms. The molecule has 0 heterocycles. The summed E-state index contributed by atoms with van der Waals surface area (Å²) in [6.45, 7) is 6.32. The van der Waals surface area contributed by atoms with Gasteiger partial charge in [0.25, 0.3) is 10.0 Å². The lowest BCUT2D eigenvalue weighted by Crippen LogP contribution is -2.55.